The lowest BCUT2D eigenvalue weighted by Gasteiger charge is -2.15. The van der Waals surface area contributed by atoms with Crippen molar-refractivity contribution in [2.45, 2.75) is 12.4 Å². The SMILES string of the molecule is Nc1ccc(Oc2ccc(-c3nc(-c4c5ccccc5cc5ccccc45)[nH]c3-c3ccc(Oc4ccc(N)cc4C(F)(F)F)cc3)cc2)c(C(F)(F)F)c1. The predicted molar refractivity (Wildman–Crippen MR) is 202 cm³/mol. The molecule has 274 valence electrons. The van der Waals surface area contributed by atoms with Crippen LogP contribution < -0.4 is 20.9 Å². The van der Waals surface area contributed by atoms with Crippen LogP contribution >= 0.6 is 0 Å². The summed E-state index contributed by atoms with van der Waals surface area (Å²) in [4.78, 5) is 8.61. The van der Waals surface area contributed by atoms with Crippen LogP contribution in [0.1, 0.15) is 11.1 Å². The largest absolute Gasteiger partial charge is 0.457 e. The number of ether oxygens (including phenoxy) is 2. The van der Waals surface area contributed by atoms with Crippen molar-refractivity contribution in [2.75, 3.05) is 11.5 Å². The predicted octanol–water partition coefficient (Wildman–Crippen LogP) is 12.5. The minimum Gasteiger partial charge on any atom is -0.457 e. The molecule has 5 N–H and O–H groups in total. The Morgan fingerprint density at radius 1 is 0.509 bits per heavy atom. The number of rotatable bonds is 7. The van der Waals surface area contributed by atoms with Crippen LogP contribution in [0.25, 0.3) is 55.4 Å². The van der Waals surface area contributed by atoms with Gasteiger partial charge in [0.1, 0.15) is 39.9 Å². The number of aromatic nitrogens is 2. The molecular formula is C43H28F6N4O2. The average molecular weight is 747 g/mol. The topological polar surface area (TPSA) is 99.2 Å². The van der Waals surface area contributed by atoms with Crippen molar-refractivity contribution in [1.29, 1.82) is 0 Å². The lowest BCUT2D eigenvalue weighted by Crippen LogP contribution is -2.08. The van der Waals surface area contributed by atoms with Crippen LogP contribution in [0.3, 0.4) is 0 Å². The molecule has 0 aliphatic carbocycles. The maximum atomic E-state index is 13.8. The summed E-state index contributed by atoms with van der Waals surface area (Å²) in [7, 11) is 0. The number of nitrogens with one attached hydrogen (secondary N) is 1. The fourth-order valence-corrected chi connectivity index (χ4v) is 6.52. The maximum Gasteiger partial charge on any atom is 0.420 e. The Bertz CT molecular complexity index is 2520. The third-order valence-electron chi connectivity index (χ3n) is 9.06. The van der Waals surface area contributed by atoms with Gasteiger partial charge in [0.05, 0.1) is 11.4 Å². The van der Waals surface area contributed by atoms with E-state index >= 15 is 0 Å². The van der Waals surface area contributed by atoms with E-state index in [1.54, 1.807) is 48.5 Å². The number of nitrogens with two attached hydrogens (primary N) is 2. The zero-order valence-corrected chi connectivity index (χ0v) is 28.5. The highest BCUT2D eigenvalue weighted by molar-refractivity contribution is 6.12. The zero-order valence-electron chi connectivity index (χ0n) is 28.5. The monoisotopic (exact) mass is 746 g/mol. The van der Waals surface area contributed by atoms with Crippen molar-refractivity contribution in [3.05, 3.63) is 151 Å². The Balaban J connectivity index is 1.22. The number of hydrogen-bond donors (Lipinski definition) is 3. The first-order valence-electron chi connectivity index (χ1n) is 16.8. The van der Waals surface area contributed by atoms with Crippen LogP contribution in [0.15, 0.2) is 140 Å². The van der Waals surface area contributed by atoms with E-state index in [0.717, 1.165) is 39.2 Å². The fraction of sp³-hybridized carbons (Fsp3) is 0.0465. The Morgan fingerprint density at radius 3 is 1.44 bits per heavy atom. The molecule has 0 saturated carbocycles. The molecule has 0 spiro atoms. The van der Waals surface area contributed by atoms with E-state index < -0.39 is 35.0 Å². The van der Waals surface area contributed by atoms with Gasteiger partial charge >= 0.3 is 12.4 Å². The van der Waals surface area contributed by atoms with Crippen LogP contribution in [0.5, 0.6) is 23.0 Å². The van der Waals surface area contributed by atoms with E-state index in [9.17, 15) is 26.3 Å². The number of nitrogens with zero attached hydrogens (tertiary/aromatic N) is 1. The molecule has 1 heterocycles. The summed E-state index contributed by atoms with van der Waals surface area (Å²) in [5.74, 6) is 0.0580. The van der Waals surface area contributed by atoms with Gasteiger partial charge in [-0.2, -0.15) is 26.3 Å². The second-order valence-corrected chi connectivity index (χ2v) is 12.8. The smallest absolute Gasteiger partial charge is 0.420 e. The van der Waals surface area contributed by atoms with Crippen LogP contribution in [-0.2, 0) is 12.4 Å². The summed E-state index contributed by atoms with van der Waals surface area (Å²) in [6.45, 7) is 0. The quantitative estimate of drug-likeness (QED) is 0.0857. The number of anilines is 2. The van der Waals surface area contributed by atoms with Crippen molar-refractivity contribution < 1.29 is 35.8 Å². The Labute approximate surface area is 309 Å². The van der Waals surface area contributed by atoms with Crippen molar-refractivity contribution in [1.82, 2.24) is 9.97 Å². The normalized spacial score (nSPS) is 12.0. The summed E-state index contributed by atoms with van der Waals surface area (Å²) in [6, 6.07) is 37.5. The third-order valence-corrected chi connectivity index (χ3v) is 9.06. The van der Waals surface area contributed by atoms with Gasteiger partial charge in [-0.05, 0) is 113 Å². The molecular weight excluding hydrogens is 718 g/mol. The minimum absolute atomic E-state index is 0.0486. The number of alkyl halides is 6. The highest BCUT2D eigenvalue weighted by Crippen LogP contribution is 2.43. The zero-order chi connectivity index (χ0) is 38.5. The molecule has 6 nitrogen and oxygen atoms in total. The second kappa shape index (κ2) is 13.5. The molecule has 1 aromatic heterocycles. The van der Waals surface area contributed by atoms with Gasteiger partial charge in [-0.3, -0.25) is 0 Å². The Kier molecular flexibility index (Phi) is 8.60. The Morgan fingerprint density at radius 2 is 0.964 bits per heavy atom. The summed E-state index contributed by atoms with van der Waals surface area (Å²) < 4.78 is 94.0. The van der Waals surface area contributed by atoms with Crippen molar-refractivity contribution in [3.8, 4) is 56.9 Å². The van der Waals surface area contributed by atoms with Gasteiger partial charge in [0.2, 0.25) is 0 Å². The van der Waals surface area contributed by atoms with Gasteiger partial charge in [-0.15, -0.1) is 0 Å². The molecule has 0 atom stereocenters. The van der Waals surface area contributed by atoms with Crippen LogP contribution in [0.2, 0.25) is 0 Å². The van der Waals surface area contributed by atoms with Crippen LogP contribution in [-0.4, -0.2) is 9.97 Å². The first-order valence-corrected chi connectivity index (χ1v) is 16.8. The number of hydrogen-bond acceptors (Lipinski definition) is 5. The molecule has 0 aliphatic heterocycles. The first-order chi connectivity index (χ1) is 26.3. The molecule has 0 bridgehead atoms. The highest BCUT2D eigenvalue weighted by atomic mass is 19.4. The van der Waals surface area contributed by atoms with Crippen LogP contribution in [0.4, 0.5) is 37.7 Å². The molecule has 0 aliphatic rings. The molecule has 7 aromatic carbocycles. The van der Waals surface area contributed by atoms with E-state index in [0.29, 0.717) is 28.3 Å². The second-order valence-electron chi connectivity index (χ2n) is 12.8. The minimum atomic E-state index is -4.69. The molecule has 0 fully saturated rings. The van der Waals surface area contributed by atoms with Gasteiger partial charge in [0.15, 0.2) is 0 Å². The number of imidazole rings is 1. The summed E-state index contributed by atoms with van der Waals surface area (Å²) in [5.41, 5.74) is 12.3. The highest BCUT2D eigenvalue weighted by Gasteiger charge is 2.36. The lowest BCUT2D eigenvalue weighted by atomic mass is 9.96. The Hall–Kier alpha value is -6.95. The molecule has 8 aromatic rings. The summed E-state index contributed by atoms with van der Waals surface area (Å²) in [6.07, 6.45) is -9.37. The fourth-order valence-electron chi connectivity index (χ4n) is 6.52. The summed E-state index contributed by atoms with van der Waals surface area (Å²) in [5, 5.41) is 3.91. The van der Waals surface area contributed by atoms with Gasteiger partial charge in [-0.25, -0.2) is 4.98 Å². The molecule has 12 heteroatoms. The van der Waals surface area contributed by atoms with Gasteiger partial charge in [-0.1, -0.05) is 48.5 Å². The van der Waals surface area contributed by atoms with Crippen molar-refractivity contribution in [2.24, 2.45) is 0 Å². The first kappa shape index (κ1) is 35.1. The van der Waals surface area contributed by atoms with E-state index in [1.165, 1.54) is 24.3 Å². The van der Waals surface area contributed by atoms with Gasteiger partial charge < -0.3 is 25.9 Å². The van der Waals surface area contributed by atoms with E-state index in [1.807, 2.05) is 48.5 Å². The molecule has 0 radical (unpaired) electrons. The molecule has 0 saturated heterocycles. The number of benzene rings is 7. The third kappa shape index (κ3) is 6.97. The van der Waals surface area contributed by atoms with Crippen LogP contribution in [0, 0.1) is 0 Å². The number of H-pyrrole nitrogens is 1. The lowest BCUT2D eigenvalue weighted by molar-refractivity contribution is -0.139. The van der Waals surface area contributed by atoms with Gasteiger partial charge in [0.25, 0.3) is 0 Å². The van der Waals surface area contributed by atoms with Crippen molar-refractivity contribution in [3.63, 3.8) is 0 Å². The number of aromatic amines is 1. The molecule has 0 unspecified atom stereocenters. The number of fused-ring (bicyclic) bond motifs is 2. The molecule has 55 heavy (non-hydrogen) atoms. The van der Waals surface area contributed by atoms with E-state index in [4.69, 9.17) is 25.9 Å². The molecule has 8 rings (SSSR count). The average Bonchev–Trinajstić information content (AvgIpc) is 3.60. The van der Waals surface area contributed by atoms with E-state index in [2.05, 4.69) is 11.1 Å². The standard InChI is InChI=1S/C43H28F6N4O2/c44-42(45,46)34-22-28(50)13-19-36(34)54-30-15-9-24(10-16-30)39-40(25-11-17-31(18-12-25)55-37-20-14-29(51)23-35(37)43(47,48)49)53-41(52-39)38-32-7-3-1-5-26(32)21-27-6-2-4-8-33(27)38/h1-23H,50-51H2,(H,52,53). The van der Waals surface area contributed by atoms with Gasteiger partial charge in [0, 0.05) is 28.1 Å². The number of nitrogen functional groups attached to an aromatic ring is 2. The van der Waals surface area contributed by atoms with E-state index in [-0.39, 0.29) is 22.9 Å². The molecule has 0 amide bonds. The summed E-state index contributed by atoms with van der Waals surface area (Å²) >= 11 is 0. The number of halogens is 6. The maximum absolute atomic E-state index is 13.8. The van der Waals surface area contributed by atoms with Crippen molar-refractivity contribution >= 4 is 32.9 Å².